The quantitative estimate of drug-likeness (QED) is 0.384. The van der Waals surface area contributed by atoms with Crippen molar-refractivity contribution in [3.63, 3.8) is 0 Å². The molecule has 158 valence electrons. The second-order valence-corrected chi connectivity index (χ2v) is 7.94. The van der Waals surface area contributed by atoms with E-state index in [0.29, 0.717) is 17.9 Å². The van der Waals surface area contributed by atoms with Crippen molar-refractivity contribution in [1.82, 2.24) is 25.7 Å². The summed E-state index contributed by atoms with van der Waals surface area (Å²) in [5.41, 5.74) is 1.38. The van der Waals surface area contributed by atoms with E-state index in [1.165, 1.54) is 18.4 Å². The molecule has 0 spiro atoms. The molecule has 0 radical (unpaired) electrons. The number of aromatic nitrogens is 2. The van der Waals surface area contributed by atoms with Gasteiger partial charge in [0, 0.05) is 45.1 Å². The van der Waals surface area contributed by atoms with Gasteiger partial charge in [0.05, 0.1) is 0 Å². The third kappa shape index (κ3) is 6.56. The second-order valence-electron chi connectivity index (χ2n) is 7.94. The standard InChI is InChI=1S/C22H34N6O/c1-17(2)21-26-20(29-27-21)12-7-13-24-22(23-3)25-15-19-11-8-14-28(19)16-18-9-5-4-6-10-18/h4-6,9-10,17,19H,7-8,11-16H2,1-3H3,(H2,23,24,25). The van der Waals surface area contributed by atoms with Crippen LogP contribution in [0.1, 0.15) is 56.3 Å². The maximum Gasteiger partial charge on any atom is 0.226 e. The van der Waals surface area contributed by atoms with Gasteiger partial charge in [-0.3, -0.25) is 9.89 Å². The highest BCUT2D eigenvalue weighted by Gasteiger charge is 2.24. The van der Waals surface area contributed by atoms with Gasteiger partial charge in [0.1, 0.15) is 0 Å². The molecule has 29 heavy (non-hydrogen) atoms. The average molecular weight is 399 g/mol. The molecule has 0 amide bonds. The minimum Gasteiger partial charge on any atom is -0.356 e. The first kappa shape index (κ1) is 21.3. The Hall–Kier alpha value is -2.41. The van der Waals surface area contributed by atoms with E-state index in [0.717, 1.165) is 50.8 Å². The summed E-state index contributed by atoms with van der Waals surface area (Å²) in [6.07, 6.45) is 4.18. The summed E-state index contributed by atoms with van der Waals surface area (Å²) < 4.78 is 5.29. The molecule has 1 aromatic heterocycles. The van der Waals surface area contributed by atoms with Crippen molar-refractivity contribution < 1.29 is 4.52 Å². The average Bonchev–Trinajstić information content (AvgIpc) is 3.38. The van der Waals surface area contributed by atoms with Crippen LogP contribution in [0.2, 0.25) is 0 Å². The van der Waals surface area contributed by atoms with Gasteiger partial charge in [0.2, 0.25) is 5.89 Å². The Labute approximate surface area is 174 Å². The normalized spacial score (nSPS) is 17.8. The van der Waals surface area contributed by atoms with Crippen LogP contribution in [-0.2, 0) is 13.0 Å². The van der Waals surface area contributed by atoms with E-state index in [1.54, 1.807) is 0 Å². The summed E-state index contributed by atoms with van der Waals surface area (Å²) in [4.78, 5) is 11.3. The SMILES string of the molecule is CN=C(NCCCc1nc(C(C)C)no1)NCC1CCCN1Cc1ccccc1. The Kier molecular flexibility index (Phi) is 8.04. The van der Waals surface area contributed by atoms with Crippen molar-refractivity contribution in [3.8, 4) is 0 Å². The van der Waals surface area contributed by atoms with Crippen LogP contribution >= 0.6 is 0 Å². The lowest BCUT2D eigenvalue weighted by Crippen LogP contribution is -2.45. The van der Waals surface area contributed by atoms with Gasteiger partial charge in [0.15, 0.2) is 11.8 Å². The number of guanidine groups is 1. The number of nitrogens with one attached hydrogen (secondary N) is 2. The number of aryl methyl sites for hydroxylation is 1. The molecule has 0 saturated carbocycles. The molecule has 1 unspecified atom stereocenters. The fourth-order valence-corrected chi connectivity index (χ4v) is 3.64. The van der Waals surface area contributed by atoms with Crippen LogP contribution in [0.25, 0.3) is 0 Å². The van der Waals surface area contributed by atoms with Crippen LogP contribution in [0, 0.1) is 0 Å². The molecule has 0 aliphatic carbocycles. The molecule has 0 bridgehead atoms. The van der Waals surface area contributed by atoms with Crippen molar-refractivity contribution in [2.75, 3.05) is 26.7 Å². The summed E-state index contributed by atoms with van der Waals surface area (Å²) in [7, 11) is 1.82. The van der Waals surface area contributed by atoms with Crippen molar-refractivity contribution in [1.29, 1.82) is 0 Å². The summed E-state index contributed by atoms with van der Waals surface area (Å²) in [6, 6.07) is 11.3. The van der Waals surface area contributed by atoms with E-state index in [4.69, 9.17) is 4.52 Å². The van der Waals surface area contributed by atoms with Gasteiger partial charge in [-0.05, 0) is 31.4 Å². The van der Waals surface area contributed by atoms with Gasteiger partial charge in [-0.25, -0.2) is 0 Å². The molecule has 1 aliphatic rings. The minimum atomic E-state index is 0.297. The smallest absolute Gasteiger partial charge is 0.226 e. The van der Waals surface area contributed by atoms with Gasteiger partial charge < -0.3 is 15.2 Å². The van der Waals surface area contributed by atoms with Crippen molar-refractivity contribution in [3.05, 3.63) is 47.6 Å². The zero-order valence-electron chi connectivity index (χ0n) is 17.9. The Morgan fingerprint density at radius 1 is 1.28 bits per heavy atom. The van der Waals surface area contributed by atoms with Crippen LogP contribution in [0.4, 0.5) is 0 Å². The zero-order chi connectivity index (χ0) is 20.5. The van der Waals surface area contributed by atoms with E-state index >= 15 is 0 Å². The van der Waals surface area contributed by atoms with Crippen molar-refractivity contribution >= 4 is 5.96 Å². The number of nitrogens with zero attached hydrogens (tertiary/aromatic N) is 4. The number of rotatable bonds is 9. The summed E-state index contributed by atoms with van der Waals surface area (Å²) in [5, 5.41) is 10.9. The fraction of sp³-hybridized carbons (Fsp3) is 0.591. The third-order valence-corrected chi connectivity index (χ3v) is 5.32. The van der Waals surface area contributed by atoms with Crippen LogP contribution in [-0.4, -0.2) is 53.7 Å². The molecular formula is C22H34N6O. The van der Waals surface area contributed by atoms with Crippen molar-refractivity contribution in [2.45, 2.75) is 58.0 Å². The van der Waals surface area contributed by atoms with Crippen LogP contribution in [0.15, 0.2) is 39.8 Å². The molecule has 1 saturated heterocycles. The first-order valence-electron chi connectivity index (χ1n) is 10.7. The van der Waals surface area contributed by atoms with E-state index in [1.807, 2.05) is 7.05 Å². The lowest BCUT2D eigenvalue weighted by Gasteiger charge is -2.25. The number of likely N-dealkylation sites (tertiary alicyclic amines) is 1. The molecule has 2 N–H and O–H groups in total. The highest BCUT2D eigenvalue weighted by molar-refractivity contribution is 5.79. The monoisotopic (exact) mass is 398 g/mol. The molecule has 7 nitrogen and oxygen atoms in total. The lowest BCUT2D eigenvalue weighted by molar-refractivity contribution is 0.245. The van der Waals surface area contributed by atoms with Crippen molar-refractivity contribution in [2.24, 2.45) is 4.99 Å². The minimum absolute atomic E-state index is 0.297. The Morgan fingerprint density at radius 3 is 2.83 bits per heavy atom. The first-order chi connectivity index (χ1) is 14.2. The number of benzene rings is 1. The van der Waals surface area contributed by atoms with E-state index in [-0.39, 0.29) is 0 Å². The highest BCUT2D eigenvalue weighted by Crippen LogP contribution is 2.19. The predicted octanol–water partition coefficient (Wildman–Crippen LogP) is 2.96. The van der Waals surface area contributed by atoms with E-state index < -0.39 is 0 Å². The van der Waals surface area contributed by atoms with Crippen LogP contribution in [0.3, 0.4) is 0 Å². The molecular weight excluding hydrogens is 364 g/mol. The van der Waals surface area contributed by atoms with Crippen LogP contribution in [0.5, 0.6) is 0 Å². The largest absolute Gasteiger partial charge is 0.356 e. The Balaban J connectivity index is 1.37. The number of hydrogen-bond acceptors (Lipinski definition) is 5. The van der Waals surface area contributed by atoms with Gasteiger partial charge in [-0.2, -0.15) is 4.98 Å². The maximum atomic E-state index is 5.29. The first-order valence-corrected chi connectivity index (χ1v) is 10.7. The van der Waals surface area contributed by atoms with Gasteiger partial charge in [-0.1, -0.05) is 49.3 Å². The Morgan fingerprint density at radius 2 is 2.10 bits per heavy atom. The second kappa shape index (κ2) is 11.0. The summed E-state index contributed by atoms with van der Waals surface area (Å²) in [6.45, 7) is 8.04. The molecule has 1 aliphatic heterocycles. The molecule has 2 aromatic rings. The molecule has 1 atom stereocenters. The highest BCUT2D eigenvalue weighted by atomic mass is 16.5. The number of hydrogen-bond donors (Lipinski definition) is 2. The Bertz CT molecular complexity index is 758. The molecule has 3 rings (SSSR count). The summed E-state index contributed by atoms with van der Waals surface area (Å²) >= 11 is 0. The fourth-order valence-electron chi connectivity index (χ4n) is 3.64. The summed E-state index contributed by atoms with van der Waals surface area (Å²) in [5.74, 6) is 2.64. The zero-order valence-corrected chi connectivity index (χ0v) is 17.9. The molecule has 2 heterocycles. The topological polar surface area (TPSA) is 78.6 Å². The van der Waals surface area contributed by atoms with E-state index in [2.05, 4.69) is 74.8 Å². The molecule has 1 aromatic carbocycles. The third-order valence-electron chi connectivity index (χ3n) is 5.32. The predicted molar refractivity (Wildman–Crippen MR) is 116 cm³/mol. The number of aliphatic imine (C=N–C) groups is 1. The molecule has 1 fully saturated rings. The van der Waals surface area contributed by atoms with E-state index in [9.17, 15) is 0 Å². The lowest BCUT2D eigenvalue weighted by atomic mass is 10.2. The maximum absolute atomic E-state index is 5.29. The van der Waals surface area contributed by atoms with Crippen LogP contribution < -0.4 is 10.6 Å². The molecule has 7 heteroatoms. The van der Waals surface area contributed by atoms with Gasteiger partial charge in [0.25, 0.3) is 0 Å². The van der Waals surface area contributed by atoms with Gasteiger partial charge in [-0.15, -0.1) is 0 Å². The van der Waals surface area contributed by atoms with Gasteiger partial charge >= 0.3 is 0 Å².